The summed E-state index contributed by atoms with van der Waals surface area (Å²) in [5.74, 6) is 0.766. The van der Waals surface area contributed by atoms with E-state index in [1.165, 1.54) is 5.46 Å². The molecule has 0 atom stereocenters. The van der Waals surface area contributed by atoms with Gasteiger partial charge in [-0.2, -0.15) is 0 Å². The highest BCUT2D eigenvalue weighted by atomic mass is 14.9. The van der Waals surface area contributed by atoms with Gasteiger partial charge in [0.15, 0.2) is 5.82 Å². The Bertz CT molecular complexity index is 964. The van der Waals surface area contributed by atoms with Crippen LogP contribution in [0.3, 0.4) is 0 Å². The molecule has 23 heavy (non-hydrogen) atoms. The van der Waals surface area contributed by atoms with Crippen LogP contribution in [0.5, 0.6) is 0 Å². The molecular formula is C20H15BN2. The highest BCUT2D eigenvalue weighted by Gasteiger charge is 2.10. The minimum absolute atomic E-state index is 0.766. The summed E-state index contributed by atoms with van der Waals surface area (Å²) in [6.07, 6.45) is 0. The van der Waals surface area contributed by atoms with Gasteiger partial charge in [-0.15, -0.1) is 0 Å². The molecule has 0 unspecified atom stereocenters. The average molecular weight is 294 g/mol. The van der Waals surface area contributed by atoms with Gasteiger partial charge in [0.2, 0.25) is 0 Å². The smallest absolute Gasteiger partial charge is 0.160 e. The van der Waals surface area contributed by atoms with E-state index < -0.39 is 0 Å². The Morgan fingerprint density at radius 1 is 0.609 bits per heavy atom. The number of para-hydroxylation sites is 1. The Kier molecular flexibility index (Phi) is 3.39. The Morgan fingerprint density at radius 3 is 2.09 bits per heavy atom. The molecule has 0 aliphatic heterocycles. The summed E-state index contributed by atoms with van der Waals surface area (Å²) in [5.41, 5.74) is 5.33. The molecule has 4 rings (SSSR count). The first kappa shape index (κ1) is 13.7. The van der Waals surface area contributed by atoms with E-state index in [2.05, 4.69) is 50.3 Å². The minimum Gasteiger partial charge on any atom is -0.228 e. The second kappa shape index (κ2) is 5.69. The standard InChI is InChI=1S/C20H15BN2/c21-16-12-10-15(11-13-16)20-22-18-9-5-4-8-17(18)19(23-20)14-6-2-1-3-7-14/h1-13H,21H2. The molecule has 0 radical (unpaired) electrons. The van der Waals surface area contributed by atoms with Gasteiger partial charge in [0.05, 0.1) is 11.2 Å². The molecule has 3 aromatic carbocycles. The molecule has 0 aliphatic rings. The Hall–Kier alpha value is -2.94. The largest absolute Gasteiger partial charge is 0.228 e. The van der Waals surface area contributed by atoms with Crippen molar-refractivity contribution in [2.45, 2.75) is 0 Å². The summed E-state index contributed by atoms with van der Waals surface area (Å²) >= 11 is 0. The minimum atomic E-state index is 0.766. The van der Waals surface area contributed by atoms with Crippen LogP contribution in [0.2, 0.25) is 0 Å². The number of hydrogen-bond donors (Lipinski definition) is 0. The van der Waals surface area contributed by atoms with E-state index in [-0.39, 0.29) is 0 Å². The molecule has 0 fully saturated rings. The molecule has 0 aliphatic carbocycles. The number of aromatic nitrogens is 2. The fraction of sp³-hybridized carbons (Fsp3) is 0. The van der Waals surface area contributed by atoms with E-state index in [1.807, 2.05) is 36.4 Å². The van der Waals surface area contributed by atoms with Crippen LogP contribution in [0.25, 0.3) is 33.5 Å². The molecule has 0 amide bonds. The number of hydrogen-bond acceptors (Lipinski definition) is 2. The van der Waals surface area contributed by atoms with Gasteiger partial charge in [-0.05, 0) is 6.07 Å². The first-order valence-corrected chi connectivity index (χ1v) is 7.70. The third-order valence-electron chi connectivity index (χ3n) is 3.96. The van der Waals surface area contributed by atoms with Crippen LogP contribution in [0.15, 0.2) is 78.9 Å². The van der Waals surface area contributed by atoms with Crippen LogP contribution in [-0.4, -0.2) is 17.8 Å². The molecule has 0 saturated heterocycles. The number of rotatable bonds is 2. The fourth-order valence-electron chi connectivity index (χ4n) is 2.72. The summed E-state index contributed by atoms with van der Waals surface area (Å²) in [4.78, 5) is 9.61. The van der Waals surface area contributed by atoms with Crippen LogP contribution in [-0.2, 0) is 0 Å². The number of fused-ring (bicyclic) bond motifs is 1. The number of nitrogens with zero attached hydrogens (tertiary/aromatic N) is 2. The average Bonchev–Trinajstić information content (AvgIpc) is 2.62. The van der Waals surface area contributed by atoms with Crippen molar-refractivity contribution in [2.75, 3.05) is 0 Å². The van der Waals surface area contributed by atoms with Gasteiger partial charge in [-0.3, -0.25) is 0 Å². The third-order valence-corrected chi connectivity index (χ3v) is 3.96. The van der Waals surface area contributed by atoms with Crippen molar-refractivity contribution in [3.05, 3.63) is 78.9 Å². The lowest BCUT2D eigenvalue weighted by atomic mass is 9.95. The maximum atomic E-state index is 4.86. The Morgan fingerprint density at radius 2 is 1.30 bits per heavy atom. The van der Waals surface area contributed by atoms with E-state index in [0.29, 0.717) is 0 Å². The first-order chi connectivity index (χ1) is 11.3. The fourth-order valence-corrected chi connectivity index (χ4v) is 2.72. The van der Waals surface area contributed by atoms with Gasteiger partial charge in [0.25, 0.3) is 0 Å². The summed E-state index contributed by atoms with van der Waals surface area (Å²) in [6.45, 7) is 0. The Balaban J connectivity index is 1.99. The maximum Gasteiger partial charge on any atom is 0.160 e. The van der Waals surface area contributed by atoms with E-state index >= 15 is 0 Å². The van der Waals surface area contributed by atoms with Gasteiger partial charge < -0.3 is 0 Å². The molecule has 2 nitrogen and oxygen atoms in total. The van der Waals surface area contributed by atoms with Crippen molar-refractivity contribution in [3.63, 3.8) is 0 Å². The maximum absolute atomic E-state index is 4.86. The monoisotopic (exact) mass is 294 g/mol. The van der Waals surface area contributed by atoms with Crippen LogP contribution >= 0.6 is 0 Å². The van der Waals surface area contributed by atoms with Gasteiger partial charge >= 0.3 is 0 Å². The normalized spacial score (nSPS) is 10.8. The second-order valence-corrected chi connectivity index (χ2v) is 5.65. The predicted octanol–water partition coefficient (Wildman–Crippen LogP) is 3.22. The zero-order valence-corrected chi connectivity index (χ0v) is 12.9. The molecule has 1 heterocycles. The predicted molar refractivity (Wildman–Crippen MR) is 98.6 cm³/mol. The van der Waals surface area contributed by atoms with Crippen molar-refractivity contribution < 1.29 is 0 Å². The van der Waals surface area contributed by atoms with Gasteiger partial charge in [0.1, 0.15) is 7.85 Å². The van der Waals surface area contributed by atoms with Crippen LogP contribution in [0.1, 0.15) is 0 Å². The highest BCUT2D eigenvalue weighted by molar-refractivity contribution is 6.32. The van der Waals surface area contributed by atoms with Crippen LogP contribution in [0, 0.1) is 0 Å². The van der Waals surface area contributed by atoms with Crippen LogP contribution < -0.4 is 5.46 Å². The van der Waals surface area contributed by atoms with E-state index in [1.54, 1.807) is 0 Å². The summed E-state index contributed by atoms with van der Waals surface area (Å²) in [5, 5.41) is 1.08. The van der Waals surface area contributed by atoms with Crippen LogP contribution in [0.4, 0.5) is 0 Å². The van der Waals surface area contributed by atoms with E-state index in [9.17, 15) is 0 Å². The molecule has 108 valence electrons. The van der Waals surface area contributed by atoms with Gasteiger partial charge in [0, 0.05) is 16.5 Å². The molecule has 3 heteroatoms. The molecule has 0 bridgehead atoms. The molecule has 4 aromatic rings. The summed E-state index contributed by atoms with van der Waals surface area (Å²) in [7, 11) is 2.08. The first-order valence-electron chi connectivity index (χ1n) is 7.70. The van der Waals surface area contributed by atoms with Gasteiger partial charge in [-0.25, -0.2) is 9.97 Å². The number of benzene rings is 3. The third kappa shape index (κ3) is 2.62. The highest BCUT2D eigenvalue weighted by Crippen LogP contribution is 2.28. The molecule has 0 spiro atoms. The van der Waals surface area contributed by atoms with Crippen molar-refractivity contribution in [1.82, 2.24) is 9.97 Å². The van der Waals surface area contributed by atoms with E-state index in [0.717, 1.165) is 33.5 Å². The lowest BCUT2D eigenvalue weighted by Crippen LogP contribution is -2.01. The summed E-state index contributed by atoms with van der Waals surface area (Å²) in [6, 6.07) is 26.8. The lowest BCUT2D eigenvalue weighted by molar-refractivity contribution is 1.23. The zero-order valence-electron chi connectivity index (χ0n) is 12.9. The topological polar surface area (TPSA) is 25.8 Å². The van der Waals surface area contributed by atoms with Crippen molar-refractivity contribution >= 4 is 24.2 Å². The van der Waals surface area contributed by atoms with Crippen molar-refractivity contribution in [2.24, 2.45) is 0 Å². The summed E-state index contributed by atoms with van der Waals surface area (Å²) < 4.78 is 0. The van der Waals surface area contributed by atoms with Crippen molar-refractivity contribution in [3.8, 4) is 22.6 Å². The van der Waals surface area contributed by atoms with Gasteiger partial charge in [-0.1, -0.05) is 78.3 Å². The molecular weight excluding hydrogens is 279 g/mol. The SMILES string of the molecule is Bc1ccc(-c2nc(-c3ccccc3)c3ccccc3n2)cc1. The van der Waals surface area contributed by atoms with Crippen molar-refractivity contribution in [1.29, 1.82) is 0 Å². The Labute approximate surface area is 136 Å². The van der Waals surface area contributed by atoms with E-state index in [4.69, 9.17) is 9.97 Å². The molecule has 0 N–H and O–H groups in total. The molecule has 0 saturated carbocycles. The zero-order chi connectivity index (χ0) is 15.6. The second-order valence-electron chi connectivity index (χ2n) is 5.65. The molecule has 1 aromatic heterocycles. The quantitative estimate of drug-likeness (QED) is 0.530. The lowest BCUT2D eigenvalue weighted by Gasteiger charge is -2.09.